The highest BCUT2D eigenvalue weighted by Gasteiger charge is 2.37. The standard InChI is InChI=1S/C19H15F6NO4/c20-18(21,22)11-6-12(19(23,24)25)8-14(7-11)30-10-17(27)26-13-2-3-15-16(9-13)29-5-1-4-28-15/h2-3,6-9H,1,4-5,10H2,(H,26,27). The summed E-state index contributed by atoms with van der Waals surface area (Å²) in [6.07, 6.45) is -9.34. The lowest BCUT2D eigenvalue weighted by Crippen LogP contribution is -2.20. The Hall–Kier alpha value is -3.11. The summed E-state index contributed by atoms with van der Waals surface area (Å²) < 4.78 is 93.0. The van der Waals surface area contributed by atoms with Gasteiger partial charge in [0.15, 0.2) is 18.1 Å². The molecular formula is C19H15F6NO4. The first kappa shape index (κ1) is 21.6. The van der Waals surface area contributed by atoms with E-state index in [2.05, 4.69) is 5.32 Å². The number of halogens is 6. The number of carbonyl (C=O) groups is 1. The van der Waals surface area contributed by atoms with Gasteiger partial charge in [0.25, 0.3) is 5.91 Å². The summed E-state index contributed by atoms with van der Waals surface area (Å²) in [5, 5.41) is 2.43. The normalized spacial score (nSPS) is 14.1. The van der Waals surface area contributed by atoms with E-state index in [1.165, 1.54) is 12.1 Å². The van der Waals surface area contributed by atoms with E-state index in [1.54, 1.807) is 6.07 Å². The molecule has 0 fully saturated rings. The second-order valence-corrected chi connectivity index (χ2v) is 6.29. The fourth-order valence-corrected chi connectivity index (χ4v) is 2.60. The first-order valence-electron chi connectivity index (χ1n) is 8.64. The van der Waals surface area contributed by atoms with E-state index in [0.29, 0.717) is 49.0 Å². The number of rotatable bonds is 4. The molecule has 0 aliphatic carbocycles. The van der Waals surface area contributed by atoms with Crippen molar-refractivity contribution in [2.75, 3.05) is 25.1 Å². The maximum absolute atomic E-state index is 12.9. The van der Waals surface area contributed by atoms with Crippen LogP contribution in [0, 0.1) is 0 Å². The van der Waals surface area contributed by atoms with E-state index in [1.807, 2.05) is 0 Å². The van der Waals surface area contributed by atoms with Crippen LogP contribution in [0.3, 0.4) is 0 Å². The average Bonchev–Trinajstić information content (AvgIpc) is 2.90. The van der Waals surface area contributed by atoms with Gasteiger partial charge in [-0.15, -0.1) is 0 Å². The lowest BCUT2D eigenvalue weighted by Gasteiger charge is -2.15. The Labute approximate surface area is 166 Å². The highest BCUT2D eigenvalue weighted by molar-refractivity contribution is 5.92. The highest BCUT2D eigenvalue weighted by Crippen LogP contribution is 2.38. The number of nitrogens with one attached hydrogen (secondary N) is 1. The molecule has 2 aromatic carbocycles. The lowest BCUT2D eigenvalue weighted by atomic mass is 10.1. The summed E-state index contributed by atoms with van der Waals surface area (Å²) in [5.74, 6) is -0.620. The van der Waals surface area contributed by atoms with Crippen molar-refractivity contribution in [1.82, 2.24) is 0 Å². The summed E-state index contributed by atoms with van der Waals surface area (Å²) in [4.78, 5) is 12.0. The maximum Gasteiger partial charge on any atom is 0.416 e. The number of hydrogen-bond donors (Lipinski definition) is 1. The Balaban J connectivity index is 1.69. The zero-order valence-corrected chi connectivity index (χ0v) is 15.2. The van der Waals surface area contributed by atoms with Gasteiger partial charge in [-0.2, -0.15) is 26.3 Å². The summed E-state index contributed by atoms with van der Waals surface area (Å²) in [5.41, 5.74) is -2.76. The third-order valence-electron chi connectivity index (χ3n) is 3.96. The van der Waals surface area contributed by atoms with Crippen molar-refractivity contribution in [2.24, 2.45) is 0 Å². The number of anilines is 1. The summed E-state index contributed by atoms with van der Waals surface area (Å²) in [7, 11) is 0. The van der Waals surface area contributed by atoms with E-state index >= 15 is 0 Å². The fourth-order valence-electron chi connectivity index (χ4n) is 2.60. The zero-order valence-electron chi connectivity index (χ0n) is 15.2. The fraction of sp³-hybridized carbons (Fsp3) is 0.316. The number of amides is 1. The van der Waals surface area contributed by atoms with Gasteiger partial charge in [0.1, 0.15) is 5.75 Å². The third-order valence-corrected chi connectivity index (χ3v) is 3.96. The highest BCUT2D eigenvalue weighted by atomic mass is 19.4. The van der Waals surface area contributed by atoms with Gasteiger partial charge in [-0.25, -0.2) is 0 Å². The summed E-state index contributed by atoms with van der Waals surface area (Å²) in [6, 6.07) is 5.35. The first-order chi connectivity index (χ1) is 14.0. The Morgan fingerprint density at radius 1 is 0.900 bits per heavy atom. The molecule has 1 aliphatic heterocycles. The number of alkyl halides is 6. The van der Waals surface area contributed by atoms with Gasteiger partial charge in [-0.1, -0.05) is 0 Å². The molecular weight excluding hydrogens is 420 g/mol. The molecule has 1 aliphatic rings. The van der Waals surface area contributed by atoms with Crippen molar-refractivity contribution >= 4 is 11.6 Å². The average molecular weight is 435 g/mol. The van der Waals surface area contributed by atoms with E-state index in [0.717, 1.165) is 0 Å². The zero-order chi connectivity index (χ0) is 21.9. The van der Waals surface area contributed by atoms with Crippen LogP contribution in [0.2, 0.25) is 0 Å². The van der Waals surface area contributed by atoms with Crippen LogP contribution in [0.1, 0.15) is 17.5 Å². The predicted molar refractivity (Wildman–Crippen MR) is 92.6 cm³/mol. The van der Waals surface area contributed by atoms with Crippen molar-refractivity contribution in [1.29, 1.82) is 0 Å². The van der Waals surface area contributed by atoms with Crippen LogP contribution in [0.25, 0.3) is 0 Å². The van der Waals surface area contributed by atoms with E-state index in [-0.39, 0.29) is 6.07 Å². The Bertz CT molecular complexity index is 894. The SMILES string of the molecule is O=C(COc1cc(C(F)(F)F)cc(C(F)(F)F)c1)Nc1ccc2c(c1)OCCCO2. The van der Waals surface area contributed by atoms with Crippen molar-refractivity contribution < 1.29 is 45.3 Å². The number of ether oxygens (including phenoxy) is 3. The van der Waals surface area contributed by atoms with Crippen LogP contribution in [-0.2, 0) is 17.1 Å². The van der Waals surface area contributed by atoms with Crippen molar-refractivity contribution in [3.8, 4) is 17.2 Å². The molecule has 1 amide bonds. The van der Waals surface area contributed by atoms with Crippen molar-refractivity contribution in [2.45, 2.75) is 18.8 Å². The van der Waals surface area contributed by atoms with Crippen LogP contribution >= 0.6 is 0 Å². The van der Waals surface area contributed by atoms with Gasteiger partial charge in [0.05, 0.1) is 24.3 Å². The molecule has 0 aromatic heterocycles. The van der Waals surface area contributed by atoms with Gasteiger partial charge in [0.2, 0.25) is 0 Å². The van der Waals surface area contributed by atoms with Gasteiger partial charge in [-0.3, -0.25) is 4.79 Å². The molecule has 162 valence electrons. The van der Waals surface area contributed by atoms with Crippen LogP contribution in [-0.4, -0.2) is 25.7 Å². The second-order valence-electron chi connectivity index (χ2n) is 6.29. The number of hydrogen-bond acceptors (Lipinski definition) is 4. The molecule has 11 heteroatoms. The van der Waals surface area contributed by atoms with Crippen molar-refractivity contribution in [3.05, 3.63) is 47.5 Å². The Morgan fingerprint density at radius 2 is 1.50 bits per heavy atom. The first-order valence-corrected chi connectivity index (χ1v) is 8.64. The Morgan fingerprint density at radius 3 is 2.10 bits per heavy atom. The smallest absolute Gasteiger partial charge is 0.416 e. The number of fused-ring (bicyclic) bond motifs is 1. The largest absolute Gasteiger partial charge is 0.490 e. The molecule has 0 spiro atoms. The second kappa shape index (κ2) is 8.33. The summed E-state index contributed by atoms with van der Waals surface area (Å²) in [6.45, 7) is 0.0983. The third kappa shape index (κ3) is 5.49. The quantitative estimate of drug-likeness (QED) is 0.694. The minimum atomic E-state index is -5.01. The molecule has 0 bridgehead atoms. The topological polar surface area (TPSA) is 56.8 Å². The van der Waals surface area contributed by atoms with Gasteiger partial charge >= 0.3 is 12.4 Å². The van der Waals surface area contributed by atoms with E-state index in [9.17, 15) is 31.1 Å². The maximum atomic E-state index is 12.9. The molecule has 0 saturated carbocycles. The monoisotopic (exact) mass is 435 g/mol. The van der Waals surface area contributed by atoms with Crippen LogP contribution < -0.4 is 19.5 Å². The van der Waals surface area contributed by atoms with E-state index < -0.39 is 41.7 Å². The molecule has 0 atom stereocenters. The lowest BCUT2D eigenvalue weighted by molar-refractivity contribution is -0.143. The molecule has 1 heterocycles. The molecule has 2 aromatic rings. The molecule has 1 N–H and O–H groups in total. The summed E-state index contributed by atoms with van der Waals surface area (Å²) >= 11 is 0. The molecule has 0 unspecified atom stereocenters. The molecule has 0 radical (unpaired) electrons. The molecule has 3 rings (SSSR count). The van der Waals surface area contributed by atoms with Gasteiger partial charge in [-0.05, 0) is 30.3 Å². The van der Waals surface area contributed by atoms with Crippen LogP contribution in [0.15, 0.2) is 36.4 Å². The Kier molecular flexibility index (Phi) is 5.99. The minimum Gasteiger partial charge on any atom is -0.490 e. The van der Waals surface area contributed by atoms with Crippen molar-refractivity contribution in [3.63, 3.8) is 0 Å². The predicted octanol–water partition coefficient (Wildman–Crippen LogP) is 4.90. The van der Waals surface area contributed by atoms with Crippen LogP contribution in [0.4, 0.5) is 32.0 Å². The van der Waals surface area contributed by atoms with E-state index in [4.69, 9.17) is 14.2 Å². The van der Waals surface area contributed by atoms with Gasteiger partial charge in [0, 0.05) is 18.2 Å². The number of carbonyl (C=O) groups excluding carboxylic acids is 1. The van der Waals surface area contributed by atoms with Gasteiger partial charge < -0.3 is 19.5 Å². The molecule has 5 nitrogen and oxygen atoms in total. The van der Waals surface area contributed by atoms with Crippen LogP contribution in [0.5, 0.6) is 17.2 Å². The molecule has 0 saturated heterocycles. The number of benzene rings is 2. The minimum absolute atomic E-state index is 0.0231. The molecule has 30 heavy (non-hydrogen) atoms.